The predicted molar refractivity (Wildman–Crippen MR) is 75.2 cm³/mol. The van der Waals surface area contributed by atoms with Crippen LogP contribution in [0.1, 0.15) is 5.56 Å². The molecule has 16 heavy (non-hydrogen) atoms. The summed E-state index contributed by atoms with van der Waals surface area (Å²) in [7, 11) is 0. The molecule has 78 valence electrons. The van der Waals surface area contributed by atoms with Crippen molar-refractivity contribution >= 4 is 27.4 Å². The Morgan fingerprint density at radius 3 is 2.00 bits per heavy atom. The number of rotatable bonds is 1. The molecule has 0 aromatic heterocycles. The molecule has 1 unspecified atom stereocenters. The van der Waals surface area contributed by atoms with Crippen LogP contribution >= 0.6 is 22.1 Å². The largest absolute Gasteiger partial charge is 0.0736 e. The standard InChI is InChI=1S/C14H10BrP/c15-16(14-9-5-2-6-10-14)12-11-13-7-3-1-4-8-13/h1-10H. The van der Waals surface area contributed by atoms with Crippen LogP contribution in [-0.4, -0.2) is 0 Å². The van der Waals surface area contributed by atoms with Crippen molar-refractivity contribution in [1.29, 1.82) is 0 Å². The molecule has 0 amide bonds. The Balaban J connectivity index is 2.15. The Labute approximate surface area is 105 Å². The maximum absolute atomic E-state index is 3.63. The third-order valence-electron chi connectivity index (χ3n) is 2.06. The van der Waals surface area contributed by atoms with Gasteiger partial charge in [-0.05, 0) is 32.9 Å². The Kier molecular flexibility index (Phi) is 4.17. The van der Waals surface area contributed by atoms with Crippen molar-refractivity contribution in [2.75, 3.05) is 0 Å². The van der Waals surface area contributed by atoms with Gasteiger partial charge in [-0.3, -0.25) is 0 Å². The molecule has 0 nitrogen and oxygen atoms in total. The summed E-state index contributed by atoms with van der Waals surface area (Å²) >= 11 is 3.63. The summed E-state index contributed by atoms with van der Waals surface area (Å²) in [5, 5.41) is 1.25. The van der Waals surface area contributed by atoms with E-state index in [0.29, 0.717) is 0 Å². The van der Waals surface area contributed by atoms with E-state index in [1.54, 1.807) is 0 Å². The van der Waals surface area contributed by atoms with Crippen LogP contribution in [0.2, 0.25) is 0 Å². The summed E-state index contributed by atoms with van der Waals surface area (Å²) in [6, 6.07) is 20.3. The Morgan fingerprint density at radius 1 is 0.812 bits per heavy atom. The summed E-state index contributed by atoms with van der Waals surface area (Å²) in [6.07, 6.45) is 0. The lowest BCUT2D eigenvalue weighted by atomic mass is 10.2. The highest BCUT2D eigenvalue weighted by atomic mass is 79.9. The van der Waals surface area contributed by atoms with E-state index in [4.69, 9.17) is 0 Å². The van der Waals surface area contributed by atoms with Crippen molar-refractivity contribution in [3.8, 4) is 11.6 Å². The van der Waals surface area contributed by atoms with E-state index in [0.717, 1.165) is 5.56 Å². The summed E-state index contributed by atoms with van der Waals surface area (Å²) in [4.78, 5) is 0. The minimum Gasteiger partial charge on any atom is -0.0622 e. The number of halogens is 1. The number of benzene rings is 2. The molecule has 0 spiro atoms. The Hall–Kier alpha value is -1.09. The summed E-state index contributed by atoms with van der Waals surface area (Å²) in [5.41, 5.74) is 4.31. The average molecular weight is 289 g/mol. The molecule has 0 saturated carbocycles. The van der Waals surface area contributed by atoms with Gasteiger partial charge in [0.05, 0.1) is 6.62 Å². The quantitative estimate of drug-likeness (QED) is 0.547. The van der Waals surface area contributed by atoms with Gasteiger partial charge in [0.2, 0.25) is 0 Å². The van der Waals surface area contributed by atoms with Crippen LogP contribution in [0.15, 0.2) is 60.7 Å². The van der Waals surface area contributed by atoms with Crippen LogP contribution < -0.4 is 5.30 Å². The second-order valence-electron chi connectivity index (χ2n) is 3.22. The van der Waals surface area contributed by atoms with E-state index in [1.165, 1.54) is 5.30 Å². The van der Waals surface area contributed by atoms with Gasteiger partial charge in [0, 0.05) is 5.56 Å². The van der Waals surface area contributed by atoms with Crippen molar-refractivity contribution in [3.63, 3.8) is 0 Å². The summed E-state index contributed by atoms with van der Waals surface area (Å²) in [6.45, 7) is -0.548. The SMILES string of the molecule is BrP(C#Cc1ccccc1)c1ccccc1. The molecular formula is C14H10BrP. The van der Waals surface area contributed by atoms with Crippen LogP contribution in [0.4, 0.5) is 0 Å². The van der Waals surface area contributed by atoms with Crippen molar-refractivity contribution in [3.05, 3.63) is 66.2 Å². The lowest BCUT2D eigenvalue weighted by Crippen LogP contribution is -1.92. The summed E-state index contributed by atoms with van der Waals surface area (Å²) < 4.78 is 0. The molecule has 0 saturated heterocycles. The van der Waals surface area contributed by atoms with Gasteiger partial charge < -0.3 is 0 Å². The van der Waals surface area contributed by atoms with Crippen LogP contribution in [-0.2, 0) is 0 Å². The van der Waals surface area contributed by atoms with Crippen LogP contribution in [0.25, 0.3) is 0 Å². The zero-order valence-corrected chi connectivity index (χ0v) is 11.1. The number of hydrogen-bond donors (Lipinski definition) is 0. The molecule has 2 aromatic carbocycles. The maximum Gasteiger partial charge on any atom is 0.0736 e. The maximum atomic E-state index is 3.63. The second-order valence-corrected chi connectivity index (χ2v) is 6.65. The van der Waals surface area contributed by atoms with E-state index in [-0.39, 0.29) is 0 Å². The molecule has 2 rings (SSSR count). The fourth-order valence-corrected chi connectivity index (χ4v) is 3.02. The fraction of sp³-hybridized carbons (Fsp3) is 0. The highest BCUT2D eigenvalue weighted by Gasteiger charge is 2.00. The van der Waals surface area contributed by atoms with E-state index < -0.39 is 6.62 Å². The van der Waals surface area contributed by atoms with E-state index >= 15 is 0 Å². The second kappa shape index (κ2) is 5.85. The monoisotopic (exact) mass is 288 g/mol. The molecule has 0 radical (unpaired) electrons. The zero-order valence-electron chi connectivity index (χ0n) is 8.60. The van der Waals surface area contributed by atoms with E-state index in [2.05, 4.69) is 39.2 Å². The molecule has 0 aliphatic heterocycles. The van der Waals surface area contributed by atoms with Gasteiger partial charge in [-0.25, -0.2) is 0 Å². The predicted octanol–water partition coefficient (Wildman–Crippen LogP) is 4.11. The molecule has 1 atom stereocenters. The van der Waals surface area contributed by atoms with Gasteiger partial charge in [-0.1, -0.05) is 60.1 Å². The highest BCUT2D eigenvalue weighted by molar-refractivity contribution is 9.40. The number of hydrogen-bond acceptors (Lipinski definition) is 0. The Morgan fingerprint density at radius 2 is 1.38 bits per heavy atom. The molecule has 0 aliphatic carbocycles. The van der Waals surface area contributed by atoms with Gasteiger partial charge >= 0.3 is 0 Å². The Bertz CT molecular complexity index is 497. The smallest absolute Gasteiger partial charge is 0.0622 e. The molecule has 0 aliphatic rings. The van der Waals surface area contributed by atoms with Crippen LogP contribution in [0.5, 0.6) is 0 Å². The molecule has 0 bridgehead atoms. The van der Waals surface area contributed by atoms with Gasteiger partial charge in [-0.15, -0.1) is 0 Å². The minimum atomic E-state index is -0.548. The van der Waals surface area contributed by atoms with Crippen LogP contribution in [0.3, 0.4) is 0 Å². The molecule has 0 N–H and O–H groups in total. The normalized spacial score (nSPS) is 11.3. The average Bonchev–Trinajstić information content (AvgIpc) is 2.38. The van der Waals surface area contributed by atoms with Gasteiger partial charge in [0.1, 0.15) is 0 Å². The molecule has 0 heterocycles. The van der Waals surface area contributed by atoms with Crippen molar-refractivity contribution in [2.24, 2.45) is 0 Å². The zero-order chi connectivity index (χ0) is 11.2. The molecule has 0 fully saturated rings. The fourth-order valence-electron chi connectivity index (χ4n) is 1.26. The van der Waals surface area contributed by atoms with Crippen molar-refractivity contribution in [2.45, 2.75) is 0 Å². The first kappa shape index (κ1) is 11.4. The van der Waals surface area contributed by atoms with E-state index in [9.17, 15) is 0 Å². The van der Waals surface area contributed by atoms with Gasteiger partial charge in [0.15, 0.2) is 0 Å². The third kappa shape index (κ3) is 3.20. The molecular weight excluding hydrogens is 279 g/mol. The van der Waals surface area contributed by atoms with Gasteiger partial charge in [0.25, 0.3) is 0 Å². The molecule has 2 heteroatoms. The van der Waals surface area contributed by atoms with Gasteiger partial charge in [-0.2, -0.15) is 0 Å². The van der Waals surface area contributed by atoms with E-state index in [1.807, 2.05) is 48.5 Å². The third-order valence-corrected chi connectivity index (χ3v) is 4.88. The summed E-state index contributed by atoms with van der Waals surface area (Å²) in [5.74, 6) is 3.17. The first-order chi connectivity index (χ1) is 7.86. The lowest BCUT2D eigenvalue weighted by molar-refractivity contribution is 1.65. The molecule has 2 aromatic rings. The first-order valence-corrected chi connectivity index (χ1v) is 8.30. The highest BCUT2D eigenvalue weighted by Crippen LogP contribution is 2.41. The topological polar surface area (TPSA) is 0 Å². The van der Waals surface area contributed by atoms with Crippen molar-refractivity contribution < 1.29 is 0 Å². The first-order valence-electron chi connectivity index (χ1n) is 4.94. The van der Waals surface area contributed by atoms with Crippen LogP contribution in [0, 0.1) is 11.6 Å². The minimum absolute atomic E-state index is 0.548. The lowest BCUT2D eigenvalue weighted by Gasteiger charge is -2.00. The van der Waals surface area contributed by atoms with Crippen molar-refractivity contribution in [1.82, 2.24) is 0 Å².